The molecule has 1 aliphatic carbocycles. The number of hydrogen-bond acceptors (Lipinski definition) is 11. The van der Waals surface area contributed by atoms with E-state index >= 15 is 0 Å². The second-order valence-electron chi connectivity index (χ2n) is 15.2. The fourth-order valence-electron chi connectivity index (χ4n) is 6.34. The van der Waals surface area contributed by atoms with Gasteiger partial charge < -0.3 is 40.2 Å². The monoisotopic (exact) mass is 842 g/mol. The number of rotatable bonds is 14. The fraction of sp³-hybridized carbons (Fsp3) is 0.500. The van der Waals surface area contributed by atoms with Gasteiger partial charge in [0.25, 0.3) is 0 Å². The number of aliphatic carboxylic acids is 1. The first-order valence-corrected chi connectivity index (χ1v) is 19.6. The van der Waals surface area contributed by atoms with Crippen LogP contribution in [0.1, 0.15) is 60.8 Å². The van der Waals surface area contributed by atoms with Crippen molar-refractivity contribution in [2.24, 2.45) is 17.3 Å². The van der Waals surface area contributed by atoms with Crippen LogP contribution in [0.3, 0.4) is 0 Å². The van der Waals surface area contributed by atoms with E-state index in [1.807, 2.05) is 13.8 Å². The Balaban J connectivity index is 1.52. The van der Waals surface area contributed by atoms with E-state index in [0.717, 1.165) is 0 Å². The van der Waals surface area contributed by atoms with Crippen LogP contribution in [-0.4, -0.2) is 93.7 Å². The van der Waals surface area contributed by atoms with E-state index in [1.165, 1.54) is 29.4 Å². The van der Waals surface area contributed by atoms with E-state index in [0.29, 0.717) is 43.4 Å². The van der Waals surface area contributed by atoms with Gasteiger partial charge in [0.2, 0.25) is 17.7 Å². The highest BCUT2D eigenvalue weighted by Gasteiger charge is 2.61. The molecule has 0 bridgehead atoms. The van der Waals surface area contributed by atoms with E-state index in [9.17, 15) is 29.1 Å². The zero-order valence-electron chi connectivity index (χ0n) is 31.9. The van der Waals surface area contributed by atoms with Crippen LogP contribution in [0.4, 0.5) is 9.93 Å². The highest BCUT2D eigenvalue weighted by atomic mass is 79.9. The molecule has 0 spiro atoms. The number of carbonyl (C=O) groups excluding carboxylic acids is 4. The van der Waals surface area contributed by atoms with Gasteiger partial charge in [-0.25, -0.2) is 19.6 Å². The number of likely N-dealkylation sites (tertiary alicyclic amines) is 1. The molecular formula is C38H47BrN6O9S. The topological polar surface area (TPSA) is 198 Å². The lowest BCUT2D eigenvalue weighted by Crippen LogP contribution is -2.59. The molecule has 1 saturated carbocycles. The molecule has 1 saturated heterocycles. The number of aromatic nitrogens is 2. The number of anilines is 1. The van der Waals surface area contributed by atoms with Crippen LogP contribution in [0, 0.1) is 17.3 Å². The SMILES string of the molecule is C=C[C@@H]1C[C@]1(NC(=O)[C@@H]1C[C@@H](Oc2cc(-c3csc(NC(=O)CC)n3)nc3c(Br)c(OC)ccc23)CN1C(=O)[C@@H](NC(=O)OCC(C)C)C(C)(C)C)C(=O)O. The van der Waals surface area contributed by atoms with Crippen LogP contribution in [0.2, 0.25) is 0 Å². The van der Waals surface area contributed by atoms with Crippen LogP contribution >= 0.6 is 27.3 Å². The first kappa shape index (κ1) is 41.4. The Morgan fingerprint density at radius 2 is 1.89 bits per heavy atom. The van der Waals surface area contributed by atoms with Crippen LogP contribution in [0.25, 0.3) is 22.3 Å². The molecule has 5 atom stereocenters. The molecule has 0 unspecified atom stereocenters. The van der Waals surface area contributed by atoms with E-state index < -0.39 is 58.9 Å². The quantitative estimate of drug-likeness (QED) is 0.144. The van der Waals surface area contributed by atoms with Crippen molar-refractivity contribution in [3.63, 3.8) is 0 Å². The summed E-state index contributed by atoms with van der Waals surface area (Å²) in [6, 6.07) is 2.96. The minimum absolute atomic E-state index is 0.00105. The molecule has 296 valence electrons. The smallest absolute Gasteiger partial charge is 0.407 e. The number of alkyl carbamates (subject to hydrolysis) is 1. The molecule has 2 aromatic heterocycles. The highest BCUT2D eigenvalue weighted by molar-refractivity contribution is 9.10. The fourth-order valence-corrected chi connectivity index (χ4v) is 7.66. The van der Waals surface area contributed by atoms with Crippen molar-refractivity contribution in [2.45, 2.75) is 84.5 Å². The van der Waals surface area contributed by atoms with Gasteiger partial charge in [-0.15, -0.1) is 17.9 Å². The number of halogens is 1. The average Bonchev–Trinajstić information content (AvgIpc) is 3.40. The summed E-state index contributed by atoms with van der Waals surface area (Å²) < 4.78 is 18.1. The third-order valence-electron chi connectivity index (χ3n) is 9.49. The van der Waals surface area contributed by atoms with Crippen LogP contribution in [0.15, 0.2) is 40.7 Å². The van der Waals surface area contributed by atoms with Crippen molar-refractivity contribution in [3.8, 4) is 22.9 Å². The third-order valence-corrected chi connectivity index (χ3v) is 11.0. The molecule has 3 aromatic rings. The Labute approximate surface area is 331 Å². The van der Waals surface area contributed by atoms with Crippen molar-refractivity contribution >= 4 is 73.1 Å². The second kappa shape index (κ2) is 16.5. The summed E-state index contributed by atoms with van der Waals surface area (Å²) in [5.41, 5.74) is -0.968. The summed E-state index contributed by atoms with van der Waals surface area (Å²) in [6.07, 6.45) is 0.398. The van der Waals surface area contributed by atoms with Gasteiger partial charge in [0.15, 0.2) is 5.13 Å². The van der Waals surface area contributed by atoms with Gasteiger partial charge in [-0.2, -0.15) is 0 Å². The maximum atomic E-state index is 14.5. The lowest BCUT2D eigenvalue weighted by molar-refractivity contribution is -0.146. The van der Waals surface area contributed by atoms with Gasteiger partial charge >= 0.3 is 12.1 Å². The number of nitrogens with one attached hydrogen (secondary N) is 3. The average molecular weight is 844 g/mol. The molecular weight excluding hydrogens is 796 g/mol. The zero-order valence-corrected chi connectivity index (χ0v) is 34.3. The summed E-state index contributed by atoms with van der Waals surface area (Å²) in [7, 11) is 1.53. The van der Waals surface area contributed by atoms with E-state index in [-0.39, 0.29) is 44.2 Å². The normalized spacial score (nSPS) is 21.1. The number of methoxy groups -OCH3 is 1. The van der Waals surface area contributed by atoms with Crippen molar-refractivity contribution in [1.29, 1.82) is 0 Å². The molecule has 4 N–H and O–H groups in total. The Kier molecular flexibility index (Phi) is 12.4. The molecule has 0 radical (unpaired) electrons. The predicted molar refractivity (Wildman–Crippen MR) is 210 cm³/mol. The molecule has 5 rings (SSSR count). The van der Waals surface area contributed by atoms with Crippen molar-refractivity contribution in [2.75, 3.05) is 25.6 Å². The van der Waals surface area contributed by atoms with Crippen LogP contribution in [-0.2, 0) is 23.9 Å². The Bertz CT molecular complexity index is 2000. The minimum atomic E-state index is -1.54. The Morgan fingerprint density at radius 3 is 2.49 bits per heavy atom. The Hall–Kier alpha value is -4.77. The summed E-state index contributed by atoms with van der Waals surface area (Å²) in [5.74, 6) is -2.14. The largest absolute Gasteiger partial charge is 0.495 e. The number of pyridine rings is 1. The zero-order chi connectivity index (χ0) is 40.4. The van der Waals surface area contributed by atoms with Gasteiger partial charge in [0, 0.05) is 35.6 Å². The van der Waals surface area contributed by atoms with E-state index in [4.69, 9.17) is 19.2 Å². The van der Waals surface area contributed by atoms with E-state index in [2.05, 4.69) is 43.4 Å². The van der Waals surface area contributed by atoms with Gasteiger partial charge in [0.05, 0.1) is 35.9 Å². The summed E-state index contributed by atoms with van der Waals surface area (Å²) in [4.78, 5) is 76.6. The van der Waals surface area contributed by atoms with Gasteiger partial charge in [-0.05, 0) is 45.8 Å². The van der Waals surface area contributed by atoms with E-state index in [1.54, 1.807) is 51.3 Å². The molecule has 1 aliphatic heterocycles. The number of amides is 4. The number of fused-ring (bicyclic) bond motifs is 1. The maximum Gasteiger partial charge on any atom is 0.407 e. The van der Waals surface area contributed by atoms with Crippen LogP contribution in [0.5, 0.6) is 11.5 Å². The predicted octanol–water partition coefficient (Wildman–Crippen LogP) is 5.77. The number of nitrogens with zero attached hydrogens (tertiary/aromatic N) is 3. The van der Waals surface area contributed by atoms with Gasteiger partial charge in [0.1, 0.15) is 40.9 Å². The number of ether oxygens (including phenoxy) is 3. The van der Waals surface area contributed by atoms with Crippen LogP contribution < -0.4 is 25.4 Å². The minimum Gasteiger partial charge on any atom is -0.495 e. The van der Waals surface area contributed by atoms with Crippen molar-refractivity contribution in [1.82, 2.24) is 25.5 Å². The molecule has 15 nitrogen and oxygen atoms in total. The van der Waals surface area contributed by atoms with Crippen molar-refractivity contribution < 1.29 is 43.3 Å². The molecule has 17 heteroatoms. The second-order valence-corrected chi connectivity index (χ2v) is 16.8. The molecule has 2 fully saturated rings. The first-order valence-electron chi connectivity index (χ1n) is 17.9. The summed E-state index contributed by atoms with van der Waals surface area (Å²) in [6.45, 7) is 14.6. The number of benzene rings is 1. The molecule has 3 heterocycles. The summed E-state index contributed by atoms with van der Waals surface area (Å²) in [5, 5.41) is 21.0. The number of carboxylic acids is 1. The van der Waals surface area contributed by atoms with Gasteiger partial charge in [-0.1, -0.05) is 47.6 Å². The van der Waals surface area contributed by atoms with Gasteiger partial charge in [-0.3, -0.25) is 14.4 Å². The number of carboxylic acid groups (broad SMARTS) is 1. The number of hydrogen-bond donors (Lipinski definition) is 4. The Morgan fingerprint density at radius 1 is 1.16 bits per heavy atom. The lowest BCUT2D eigenvalue weighted by atomic mass is 9.85. The lowest BCUT2D eigenvalue weighted by Gasteiger charge is -2.35. The third kappa shape index (κ3) is 9.04. The molecule has 4 amide bonds. The highest BCUT2D eigenvalue weighted by Crippen LogP contribution is 2.45. The molecule has 55 heavy (non-hydrogen) atoms. The molecule has 2 aliphatic rings. The van der Waals surface area contributed by atoms with Crippen molar-refractivity contribution in [3.05, 3.63) is 40.7 Å². The maximum absolute atomic E-state index is 14.5. The first-order chi connectivity index (χ1) is 25.9. The number of carbonyl (C=O) groups is 5. The number of thiazole rings is 1. The molecule has 1 aromatic carbocycles. The standard InChI is InChI=1S/C38H47BrN6O9S/c1-9-20-15-38(20,34(49)50)44-32(47)25-13-21(16-45(25)33(48)31(37(5,6)7)43-36(51)53-17-19(3)4)54-27-14-23(24-18-55-35(41-24)42-28(46)10-2)40-30-22(27)11-12-26(52-8)29(30)39/h9,11-12,14,18-21,25,31H,1,10,13,15-17H2,2-8H3,(H,43,51)(H,44,47)(H,49,50)(H,41,42,46)/t20-,21-,25+,31-,38-/m1/s1. The summed E-state index contributed by atoms with van der Waals surface area (Å²) >= 11 is 4.85.